The van der Waals surface area contributed by atoms with Gasteiger partial charge in [-0.25, -0.2) is 0 Å². The van der Waals surface area contributed by atoms with Gasteiger partial charge in [0, 0.05) is 28.0 Å². The number of benzene rings is 2. The van der Waals surface area contributed by atoms with Crippen LogP contribution in [0, 0.1) is 23.2 Å². The molecule has 0 radical (unpaired) electrons. The number of hydrogen-bond donors (Lipinski definition) is 0. The van der Waals surface area contributed by atoms with Crippen molar-refractivity contribution in [3.63, 3.8) is 0 Å². The molecule has 2 aliphatic heterocycles. The maximum atomic E-state index is 13.5. The molecule has 4 saturated carbocycles. The molecule has 1 saturated heterocycles. The van der Waals surface area contributed by atoms with E-state index >= 15 is 0 Å². The number of likely N-dealkylation sites (N-methyl/N-ethyl adjacent to an activating group) is 1. The third kappa shape index (κ3) is 3.32. The fourth-order valence-corrected chi connectivity index (χ4v) is 8.82. The molecule has 2 aromatic rings. The Kier molecular flexibility index (Phi) is 4.68. The molecule has 4 aliphatic carbocycles. The van der Waals surface area contributed by atoms with E-state index in [0.29, 0.717) is 12.6 Å². The fourth-order valence-electron chi connectivity index (χ4n) is 8.64. The summed E-state index contributed by atoms with van der Waals surface area (Å²) >= 11 is 6.43. The Morgan fingerprint density at radius 2 is 1.59 bits per heavy atom. The molecule has 8 rings (SSSR count). The molecule has 6 aliphatic rings. The summed E-state index contributed by atoms with van der Waals surface area (Å²) in [4.78, 5) is 13.5. The number of rotatable bonds is 3. The van der Waals surface area contributed by atoms with Crippen molar-refractivity contribution in [3.8, 4) is 11.5 Å². The minimum absolute atomic E-state index is 0.0882. The summed E-state index contributed by atoms with van der Waals surface area (Å²) in [5, 5.41) is 0.737. The molecule has 178 valence electrons. The standard InChI is InChI=1S/C29H33ClNO3/c1-31(17-33-28(32)29-12-18-8-19(13-29)10-20(9-18)14-29)15-24-22-4-2-3-5-26(22)34-27-7-6-21(30)11-23(27)25(24)16-31/h2-7,11,18-20,24-25H,8-10,12-17H2,1H3/q+1. The number of fused-ring (bicyclic) bond motifs is 5. The number of ether oxygens (including phenoxy) is 2. The summed E-state index contributed by atoms with van der Waals surface area (Å²) in [6.07, 6.45) is 7.20. The van der Waals surface area contributed by atoms with Gasteiger partial charge in [-0.3, -0.25) is 9.28 Å². The SMILES string of the molecule is C[N+]1(COC(=O)C23CC4CC(CC(C4)C2)C3)CC2c3ccccc3Oc3ccc(Cl)cc3C2C1. The van der Waals surface area contributed by atoms with E-state index in [-0.39, 0.29) is 17.3 Å². The summed E-state index contributed by atoms with van der Waals surface area (Å²) in [6.45, 7) is 2.28. The monoisotopic (exact) mass is 478 g/mol. The summed E-state index contributed by atoms with van der Waals surface area (Å²) in [5.41, 5.74) is 2.22. The maximum absolute atomic E-state index is 13.5. The van der Waals surface area contributed by atoms with Gasteiger partial charge in [0.15, 0.2) is 0 Å². The highest BCUT2D eigenvalue weighted by Gasteiger charge is 2.56. The Balaban J connectivity index is 1.15. The minimum atomic E-state index is -0.196. The highest BCUT2D eigenvalue weighted by molar-refractivity contribution is 6.30. The van der Waals surface area contributed by atoms with E-state index in [9.17, 15) is 4.79 Å². The van der Waals surface area contributed by atoms with Crippen LogP contribution in [0.2, 0.25) is 5.02 Å². The van der Waals surface area contributed by atoms with Crippen LogP contribution in [0.4, 0.5) is 0 Å². The highest BCUT2D eigenvalue weighted by atomic mass is 35.5. The van der Waals surface area contributed by atoms with Gasteiger partial charge in [0.2, 0.25) is 6.73 Å². The Hall–Kier alpha value is -2.04. The van der Waals surface area contributed by atoms with Crippen LogP contribution >= 0.6 is 11.6 Å². The van der Waals surface area contributed by atoms with E-state index in [1.165, 1.54) is 30.4 Å². The number of hydrogen-bond acceptors (Lipinski definition) is 3. The van der Waals surface area contributed by atoms with Crippen molar-refractivity contribution in [1.82, 2.24) is 0 Å². The molecule has 5 heteroatoms. The summed E-state index contributed by atoms with van der Waals surface area (Å²) in [7, 11) is 2.25. The predicted molar refractivity (Wildman–Crippen MR) is 131 cm³/mol. The number of esters is 1. The van der Waals surface area contributed by atoms with Crippen LogP contribution in [-0.4, -0.2) is 37.3 Å². The lowest BCUT2D eigenvalue weighted by molar-refractivity contribution is -0.915. The first kappa shape index (κ1) is 21.3. The van der Waals surface area contributed by atoms with E-state index < -0.39 is 0 Å². The van der Waals surface area contributed by atoms with Crippen LogP contribution in [0.25, 0.3) is 0 Å². The maximum Gasteiger partial charge on any atom is 0.316 e. The molecule has 0 aromatic heterocycles. The molecule has 2 heterocycles. The quantitative estimate of drug-likeness (QED) is 0.373. The van der Waals surface area contributed by atoms with Gasteiger partial charge in [-0.1, -0.05) is 29.8 Å². The van der Waals surface area contributed by atoms with Crippen molar-refractivity contribution >= 4 is 17.6 Å². The Labute approximate surface area is 206 Å². The van der Waals surface area contributed by atoms with Crippen LogP contribution in [-0.2, 0) is 9.53 Å². The lowest BCUT2D eigenvalue weighted by Gasteiger charge is -2.55. The van der Waals surface area contributed by atoms with Gasteiger partial charge in [0.05, 0.1) is 25.6 Å². The Morgan fingerprint density at radius 1 is 0.971 bits per heavy atom. The molecule has 34 heavy (non-hydrogen) atoms. The van der Waals surface area contributed by atoms with Crippen molar-refractivity contribution in [2.45, 2.75) is 50.4 Å². The molecule has 4 bridgehead atoms. The number of para-hydroxylation sites is 1. The zero-order valence-corrected chi connectivity index (χ0v) is 20.6. The molecule has 3 atom stereocenters. The number of likely N-dealkylation sites (tertiary alicyclic amines) is 1. The number of halogens is 1. The molecule has 0 amide bonds. The lowest BCUT2D eigenvalue weighted by Crippen LogP contribution is -2.52. The second-order valence-corrected chi connectivity index (χ2v) is 12.7. The van der Waals surface area contributed by atoms with Crippen molar-refractivity contribution in [2.24, 2.45) is 23.2 Å². The summed E-state index contributed by atoms with van der Waals surface area (Å²) in [5.74, 6) is 4.74. The fraction of sp³-hybridized carbons (Fsp3) is 0.552. The van der Waals surface area contributed by atoms with Crippen molar-refractivity contribution in [3.05, 3.63) is 58.6 Å². The number of nitrogens with zero attached hydrogens (tertiary/aromatic N) is 1. The number of quaternary nitrogens is 1. The van der Waals surface area contributed by atoms with E-state index in [2.05, 4.69) is 31.3 Å². The van der Waals surface area contributed by atoms with Crippen LogP contribution in [0.15, 0.2) is 42.5 Å². The van der Waals surface area contributed by atoms with E-state index in [4.69, 9.17) is 21.1 Å². The molecule has 4 nitrogen and oxygen atoms in total. The lowest BCUT2D eigenvalue weighted by atomic mass is 9.49. The van der Waals surface area contributed by atoms with Gasteiger partial charge in [-0.2, -0.15) is 0 Å². The largest absolute Gasteiger partial charge is 0.457 e. The van der Waals surface area contributed by atoms with Crippen molar-refractivity contribution in [1.29, 1.82) is 0 Å². The van der Waals surface area contributed by atoms with E-state index in [1.54, 1.807) is 0 Å². The van der Waals surface area contributed by atoms with Gasteiger partial charge in [-0.05, 0) is 80.5 Å². The summed E-state index contributed by atoms with van der Waals surface area (Å²) < 4.78 is 13.3. The molecule has 2 aromatic carbocycles. The predicted octanol–water partition coefficient (Wildman–Crippen LogP) is 6.49. The molecule has 0 N–H and O–H groups in total. The van der Waals surface area contributed by atoms with E-state index in [0.717, 1.165) is 71.1 Å². The first-order valence-electron chi connectivity index (χ1n) is 13.0. The average Bonchev–Trinajstić information content (AvgIpc) is 3.10. The highest BCUT2D eigenvalue weighted by Crippen LogP contribution is 2.60. The van der Waals surface area contributed by atoms with Crippen LogP contribution in [0.3, 0.4) is 0 Å². The number of carbonyl (C=O) groups excluding carboxylic acids is 1. The smallest absolute Gasteiger partial charge is 0.316 e. The first-order valence-corrected chi connectivity index (χ1v) is 13.3. The molecular formula is C29H33ClNO3+. The normalized spacial score (nSPS) is 38.9. The minimum Gasteiger partial charge on any atom is -0.457 e. The van der Waals surface area contributed by atoms with Crippen LogP contribution < -0.4 is 4.74 Å². The van der Waals surface area contributed by atoms with E-state index in [1.807, 2.05) is 18.2 Å². The molecule has 5 fully saturated rings. The van der Waals surface area contributed by atoms with Gasteiger partial charge < -0.3 is 9.47 Å². The zero-order valence-electron chi connectivity index (χ0n) is 19.8. The molecule has 0 spiro atoms. The third-order valence-electron chi connectivity index (χ3n) is 9.65. The van der Waals surface area contributed by atoms with Gasteiger partial charge in [0.25, 0.3) is 0 Å². The van der Waals surface area contributed by atoms with Crippen LogP contribution in [0.1, 0.15) is 61.5 Å². The second kappa shape index (κ2) is 7.48. The average molecular weight is 479 g/mol. The van der Waals surface area contributed by atoms with Gasteiger partial charge >= 0.3 is 5.97 Å². The Bertz CT molecular complexity index is 1130. The first-order chi connectivity index (χ1) is 16.4. The van der Waals surface area contributed by atoms with Crippen molar-refractivity contribution < 1.29 is 18.8 Å². The van der Waals surface area contributed by atoms with Crippen LogP contribution in [0.5, 0.6) is 11.5 Å². The second-order valence-electron chi connectivity index (χ2n) is 12.3. The topological polar surface area (TPSA) is 35.5 Å². The Morgan fingerprint density at radius 3 is 2.29 bits per heavy atom. The molecule has 3 unspecified atom stereocenters. The van der Waals surface area contributed by atoms with Crippen molar-refractivity contribution in [2.75, 3.05) is 26.9 Å². The summed E-state index contributed by atoms with van der Waals surface area (Å²) in [6, 6.07) is 14.3. The van der Waals surface area contributed by atoms with Gasteiger partial charge in [-0.15, -0.1) is 0 Å². The van der Waals surface area contributed by atoms with Gasteiger partial charge in [0.1, 0.15) is 11.5 Å². The zero-order chi connectivity index (χ0) is 23.1. The molecular weight excluding hydrogens is 446 g/mol. The third-order valence-corrected chi connectivity index (χ3v) is 9.88. The number of carbonyl (C=O) groups is 1.